The number of aliphatic hydroxyl groups is 2. The van der Waals surface area contributed by atoms with Crippen molar-refractivity contribution in [3.05, 3.63) is 35.8 Å². The molecule has 1 heterocycles. The van der Waals surface area contributed by atoms with Crippen molar-refractivity contribution in [2.24, 2.45) is 33.5 Å². The van der Waals surface area contributed by atoms with Crippen molar-refractivity contribution >= 4 is 0 Å². The molecule has 174 valence electrons. The third-order valence-corrected chi connectivity index (χ3v) is 10.3. The predicted octanol–water partition coefficient (Wildman–Crippen LogP) is 5.13. The first kappa shape index (κ1) is 23.1. The van der Waals surface area contributed by atoms with E-state index in [1.165, 1.54) is 5.56 Å². The number of allylic oxidation sites excluding steroid dienone is 1. The summed E-state index contributed by atoms with van der Waals surface area (Å²) < 4.78 is 5.46. The van der Waals surface area contributed by atoms with Crippen LogP contribution in [0.15, 0.2) is 34.7 Å². The van der Waals surface area contributed by atoms with Crippen LogP contribution in [0.4, 0.5) is 0 Å². The topological polar surface area (TPSA) is 65.6 Å². The molecule has 0 aromatic carbocycles. The van der Waals surface area contributed by atoms with Crippen LogP contribution < -0.4 is 5.32 Å². The minimum atomic E-state index is -0.349. The molecule has 1 aromatic heterocycles. The lowest BCUT2D eigenvalue weighted by atomic mass is 9.42. The lowest BCUT2D eigenvalue weighted by Crippen LogP contribution is -2.60. The fraction of sp³-hybridized carbons (Fsp3) is 0.778. The highest BCUT2D eigenvalue weighted by molar-refractivity contribution is 5.39. The third kappa shape index (κ3) is 3.20. The Hall–Kier alpha value is -1.10. The maximum Gasteiger partial charge on any atom is 0.0937 e. The summed E-state index contributed by atoms with van der Waals surface area (Å²) in [6.45, 7) is 12.7. The van der Waals surface area contributed by atoms with Gasteiger partial charge in [0.15, 0.2) is 0 Å². The summed E-state index contributed by atoms with van der Waals surface area (Å²) in [6.07, 6.45) is 11.1. The molecule has 4 heteroatoms. The summed E-state index contributed by atoms with van der Waals surface area (Å²) in [5.74, 6) is 1.02. The van der Waals surface area contributed by atoms with Gasteiger partial charge in [-0.1, -0.05) is 46.3 Å². The highest BCUT2D eigenvalue weighted by Crippen LogP contribution is 2.69. The van der Waals surface area contributed by atoms with Gasteiger partial charge < -0.3 is 19.9 Å². The molecule has 7 atom stereocenters. The van der Waals surface area contributed by atoms with Crippen molar-refractivity contribution in [1.82, 2.24) is 5.32 Å². The van der Waals surface area contributed by atoms with E-state index in [2.05, 4.69) is 59.1 Å². The summed E-state index contributed by atoms with van der Waals surface area (Å²) in [5, 5.41) is 24.9. The molecule has 0 amide bonds. The molecular weight excluding hydrogens is 386 g/mol. The second-order valence-corrected chi connectivity index (χ2v) is 12.0. The summed E-state index contributed by atoms with van der Waals surface area (Å²) in [5.41, 5.74) is 2.77. The Morgan fingerprint density at radius 1 is 1.13 bits per heavy atom. The van der Waals surface area contributed by atoms with Crippen LogP contribution in [0.3, 0.4) is 0 Å². The molecule has 2 saturated carbocycles. The quantitative estimate of drug-likeness (QED) is 0.568. The van der Waals surface area contributed by atoms with Crippen molar-refractivity contribution in [2.45, 2.75) is 78.7 Å². The van der Waals surface area contributed by atoms with Crippen LogP contribution in [0, 0.1) is 33.5 Å². The van der Waals surface area contributed by atoms with Gasteiger partial charge in [0.2, 0.25) is 0 Å². The van der Waals surface area contributed by atoms with E-state index in [-0.39, 0.29) is 40.3 Å². The van der Waals surface area contributed by atoms with Gasteiger partial charge in [-0.25, -0.2) is 0 Å². The van der Waals surface area contributed by atoms with E-state index in [9.17, 15) is 10.2 Å². The van der Waals surface area contributed by atoms with E-state index in [4.69, 9.17) is 4.42 Å². The van der Waals surface area contributed by atoms with Gasteiger partial charge in [0.05, 0.1) is 18.6 Å². The molecule has 0 aliphatic heterocycles. The molecule has 0 radical (unpaired) electrons. The van der Waals surface area contributed by atoms with Crippen LogP contribution in [0.5, 0.6) is 0 Å². The Kier molecular flexibility index (Phi) is 5.76. The van der Waals surface area contributed by atoms with Gasteiger partial charge >= 0.3 is 0 Å². The monoisotopic (exact) mass is 429 g/mol. The van der Waals surface area contributed by atoms with Crippen molar-refractivity contribution in [1.29, 1.82) is 0 Å². The summed E-state index contributed by atoms with van der Waals surface area (Å²) in [7, 11) is 2.07. The highest BCUT2D eigenvalue weighted by Gasteiger charge is 2.62. The molecule has 2 unspecified atom stereocenters. The third-order valence-electron chi connectivity index (χ3n) is 10.3. The second-order valence-electron chi connectivity index (χ2n) is 12.0. The smallest absolute Gasteiger partial charge is 0.0937 e. The molecule has 3 aliphatic carbocycles. The van der Waals surface area contributed by atoms with Crippen molar-refractivity contribution in [3.8, 4) is 0 Å². The molecule has 3 aliphatic rings. The maximum absolute atomic E-state index is 10.8. The number of hydrogen-bond acceptors (Lipinski definition) is 4. The summed E-state index contributed by atoms with van der Waals surface area (Å²) in [6, 6.07) is 2.14. The number of nitrogens with one attached hydrogen (secondary N) is 1. The van der Waals surface area contributed by atoms with Gasteiger partial charge in [-0.3, -0.25) is 0 Å². The fourth-order valence-electron chi connectivity index (χ4n) is 8.62. The van der Waals surface area contributed by atoms with Gasteiger partial charge in [0.1, 0.15) is 0 Å². The molecule has 1 aromatic rings. The summed E-state index contributed by atoms with van der Waals surface area (Å²) >= 11 is 0. The number of aliphatic hydroxyl groups excluding tert-OH is 2. The van der Waals surface area contributed by atoms with Crippen LogP contribution in [0.25, 0.3) is 0 Å². The standard InChI is InChI=1S/C27H43NO3/c1-24(2)22(15-29)26(4,13-10-23(24)30)21-9-12-25(3)19(18-11-14-31-16-18)7-8-20(25)27(21,5)17-28-6/h8,11,14,16,19,21-23,28-30H,7,9-10,12-13,15,17H2,1-6H3/t19-,21?,22-,23+,25-,26+,27?/m0/s1. The largest absolute Gasteiger partial charge is 0.472 e. The molecule has 0 bridgehead atoms. The zero-order valence-corrected chi connectivity index (χ0v) is 20.4. The van der Waals surface area contributed by atoms with Crippen LogP contribution in [0.1, 0.15) is 78.2 Å². The van der Waals surface area contributed by atoms with E-state index in [0.29, 0.717) is 11.8 Å². The molecule has 0 saturated heterocycles. The molecule has 3 N–H and O–H groups in total. The molecule has 4 rings (SSSR count). The molecule has 0 spiro atoms. The highest BCUT2D eigenvalue weighted by atomic mass is 16.3. The first-order chi connectivity index (χ1) is 14.6. The minimum absolute atomic E-state index is 0.0147. The van der Waals surface area contributed by atoms with E-state index < -0.39 is 0 Å². The van der Waals surface area contributed by atoms with Gasteiger partial charge in [0.25, 0.3) is 0 Å². The van der Waals surface area contributed by atoms with Gasteiger partial charge in [-0.15, -0.1) is 0 Å². The van der Waals surface area contributed by atoms with E-state index in [0.717, 1.165) is 38.6 Å². The Balaban J connectivity index is 1.75. The van der Waals surface area contributed by atoms with Crippen LogP contribution in [0.2, 0.25) is 0 Å². The van der Waals surface area contributed by atoms with Crippen LogP contribution in [-0.4, -0.2) is 36.5 Å². The zero-order valence-electron chi connectivity index (χ0n) is 20.4. The van der Waals surface area contributed by atoms with Gasteiger partial charge in [0, 0.05) is 18.6 Å². The SMILES string of the molecule is CNCC1(C)C2=CC[C@@H](c3ccoc3)[C@]2(C)CCC1[C@@]1(C)CC[C@@H](O)C(C)(C)[C@@H]1CO. The van der Waals surface area contributed by atoms with Gasteiger partial charge in [-0.2, -0.15) is 0 Å². The van der Waals surface area contributed by atoms with E-state index >= 15 is 0 Å². The first-order valence-corrected chi connectivity index (χ1v) is 12.2. The Bertz CT molecular complexity index is 814. The van der Waals surface area contributed by atoms with E-state index in [1.54, 1.807) is 11.8 Å². The Labute approximate surface area is 188 Å². The second kappa shape index (κ2) is 7.74. The van der Waals surface area contributed by atoms with Crippen molar-refractivity contribution < 1.29 is 14.6 Å². The normalized spacial score (nSPS) is 44.7. The number of furan rings is 1. The summed E-state index contributed by atoms with van der Waals surface area (Å²) in [4.78, 5) is 0. The number of rotatable bonds is 5. The van der Waals surface area contributed by atoms with E-state index in [1.807, 2.05) is 6.26 Å². The number of hydrogen-bond donors (Lipinski definition) is 3. The van der Waals surface area contributed by atoms with Crippen LogP contribution in [-0.2, 0) is 0 Å². The van der Waals surface area contributed by atoms with Crippen molar-refractivity contribution in [3.63, 3.8) is 0 Å². The molecule has 4 nitrogen and oxygen atoms in total. The Morgan fingerprint density at radius 3 is 2.48 bits per heavy atom. The lowest BCUT2D eigenvalue weighted by molar-refractivity contribution is -0.157. The Morgan fingerprint density at radius 2 is 1.87 bits per heavy atom. The maximum atomic E-state index is 10.8. The average molecular weight is 430 g/mol. The average Bonchev–Trinajstić information content (AvgIpc) is 3.33. The van der Waals surface area contributed by atoms with Gasteiger partial charge in [-0.05, 0) is 84.8 Å². The lowest BCUT2D eigenvalue weighted by Gasteiger charge is -2.63. The van der Waals surface area contributed by atoms with Crippen LogP contribution >= 0.6 is 0 Å². The molecule has 2 fully saturated rings. The zero-order chi connectivity index (χ0) is 22.7. The van der Waals surface area contributed by atoms with Crippen molar-refractivity contribution in [2.75, 3.05) is 20.2 Å². The molecular formula is C27H43NO3. The molecule has 31 heavy (non-hydrogen) atoms. The predicted molar refractivity (Wildman–Crippen MR) is 125 cm³/mol. The first-order valence-electron chi connectivity index (χ1n) is 12.2. The fourth-order valence-corrected chi connectivity index (χ4v) is 8.62. The number of fused-ring (bicyclic) bond motifs is 1. The minimum Gasteiger partial charge on any atom is -0.472 e.